The van der Waals surface area contributed by atoms with E-state index < -0.39 is 17.9 Å². The van der Waals surface area contributed by atoms with Crippen LogP contribution in [-0.4, -0.2) is 51.2 Å². The highest BCUT2D eigenvalue weighted by molar-refractivity contribution is 6.35. The molecular formula is C14H15ClN4O3. The first-order chi connectivity index (χ1) is 10.5. The van der Waals surface area contributed by atoms with E-state index in [1.165, 1.54) is 0 Å². The lowest BCUT2D eigenvalue weighted by atomic mass is 9.92. The molecule has 0 bridgehead atoms. The molecule has 3 rings (SSSR count). The number of halogens is 1. The predicted octanol–water partition coefficient (Wildman–Crippen LogP) is 1.09. The van der Waals surface area contributed by atoms with Crippen LogP contribution in [-0.2, 0) is 4.79 Å². The molecule has 1 saturated heterocycles. The van der Waals surface area contributed by atoms with Gasteiger partial charge in [0.25, 0.3) is 5.91 Å². The van der Waals surface area contributed by atoms with Gasteiger partial charge in [-0.3, -0.25) is 14.7 Å². The Bertz CT molecular complexity index is 745. The quantitative estimate of drug-likeness (QED) is 0.766. The molecule has 0 spiro atoms. The van der Waals surface area contributed by atoms with Gasteiger partial charge in [0.1, 0.15) is 0 Å². The molecule has 8 heteroatoms. The highest BCUT2D eigenvalue weighted by Gasteiger charge is 2.33. The summed E-state index contributed by atoms with van der Waals surface area (Å²) in [7, 11) is 0. The number of likely N-dealkylation sites (tertiary alicyclic amines) is 1. The van der Waals surface area contributed by atoms with Gasteiger partial charge in [-0.25, -0.2) is 0 Å². The number of carbonyl (C=O) groups is 2. The molecule has 1 amide bonds. The number of rotatable bonds is 2. The van der Waals surface area contributed by atoms with Gasteiger partial charge in [-0.1, -0.05) is 11.6 Å². The zero-order valence-corrected chi connectivity index (χ0v) is 12.4. The maximum Gasteiger partial charge on any atom is 0.308 e. The number of aliphatic carboxylic acids is 1. The van der Waals surface area contributed by atoms with Crippen molar-refractivity contribution in [2.24, 2.45) is 11.7 Å². The number of fused-ring (bicyclic) bond motifs is 1. The molecule has 7 nitrogen and oxygen atoms in total. The van der Waals surface area contributed by atoms with Crippen LogP contribution in [0.1, 0.15) is 16.8 Å². The number of carbonyl (C=O) groups excluding carboxylic acids is 1. The van der Waals surface area contributed by atoms with Crippen LogP contribution < -0.4 is 5.73 Å². The molecule has 1 aromatic carbocycles. The number of nitrogens with zero attached hydrogens (tertiary/aromatic N) is 2. The average Bonchev–Trinajstić information content (AvgIpc) is 2.95. The third-order valence-corrected chi connectivity index (χ3v) is 4.31. The van der Waals surface area contributed by atoms with E-state index in [9.17, 15) is 9.59 Å². The van der Waals surface area contributed by atoms with Gasteiger partial charge in [0.05, 0.1) is 22.7 Å². The molecule has 0 saturated carbocycles. The van der Waals surface area contributed by atoms with Crippen LogP contribution in [0.5, 0.6) is 0 Å². The van der Waals surface area contributed by atoms with Crippen molar-refractivity contribution in [3.8, 4) is 0 Å². The summed E-state index contributed by atoms with van der Waals surface area (Å²) in [5.41, 5.74) is 7.00. The second-order valence-corrected chi connectivity index (χ2v) is 5.85. The predicted molar refractivity (Wildman–Crippen MR) is 80.7 cm³/mol. The van der Waals surface area contributed by atoms with E-state index in [-0.39, 0.29) is 12.5 Å². The average molecular weight is 323 g/mol. The van der Waals surface area contributed by atoms with Gasteiger partial charge in [-0.15, -0.1) is 0 Å². The lowest BCUT2D eigenvalue weighted by molar-refractivity contribution is -0.143. The van der Waals surface area contributed by atoms with Crippen LogP contribution in [0.2, 0.25) is 5.02 Å². The minimum Gasteiger partial charge on any atom is -0.481 e. The first-order valence-corrected chi connectivity index (χ1v) is 7.25. The molecule has 1 aliphatic heterocycles. The van der Waals surface area contributed by atoms with Gasteiger partial charge in [-0.2, -0.15) is 5.10 Å². The van der Waals surface area contributed by atoms with Gasteiger partial charge in [0, 0.05) is 30.1 Å². The number of aromatic amines is 1. The van der Waals surface area contributed by atoms with Crippen molar-refractivity contribution in [3.63, 3.8) is 0 Å². The van der Waals surface area contributed by atoms with Crippen molar-refractivity contribution in [2.45, 2.75) is 12.5 Å². The Morgan fingerprint density at radius 1 is 1.45 bits per heavy atom. The van der Waals surface area contributed by atoms with Crippen molar-refractivity contribution in [3.05, 3.63) is 28.9 Å². The Kier molecular flexibility index (Phi) is 3.76. The molecular weight excluding hydrogens is 308 g/mol. The van der Waals surface area contributed by atoms with E-state index in [2.05, 4.69) is 10.2 Å². The Morgan fingerprint density at radius 2 is 2.23 bits per heavy atom. The van der Waals surface area contributed by atoms with Gasteiger partial charge >= 0.3 is 5.97 Å². The zero-order valence-electron chi connectivity index (χ0n) is 11.6. The fourth-order valence-electron chi connectivity index (χ4n) is 2.79. The van der Waals surface area contributed by atoms with Crippen LogP contribution >= 0.6 is 11.6 Å². The topological polar surface area (TPSA) is 112 Å². The second-order valence-electron chi connectivity index (χ2n) is 5.44. The SMILES string of the molecule is N[C@@H]1CN(C(=O)c2cc(Cl)c3[nH]ncc3c2)CC[C@@H]1C(=O)O. The number of amides is 1. The van der Waals surface area contributed by atoms with E-state index in [0.717, 1.165) is 5.39 Å². The lowest BCUT2D eigenvalue weighted by Crippen LogP contribution is -2.52. The number of carboxylic acid groups (broad SMARTS) is 1. The molecule has 0 unspecified atom stereocenters. The number of hydrogen-bond donors (Lipinski definition) is 3. The molecule has 116 valence electrons. The zero-order chi connectivity index (χ0) is 15.9. The smallest absolute Gasteiger partial charge is 0.308 e. The van der Waals surface area contributed by atoms with Gasteiger partial charge in [0.15, 0.2) is 0 Å². The van der Waals surface area contributed by atoms with Gasteiger partial charge in [0.2, 0.25) is 0 Å². The monoisotopic (exact) mass is 322 g/mol. The highest BCUT2D eigenvalue weighted by atomic mass is 35.5. The van der Waals surface area contributed by atoms with Crippen LogP contribution in [0.4, 0.5) is 0 Å². The number of carboxylic acids is 1. The first kappa shape index (κ1) is 14.8. The van der Waals surface area contributed by atoms with E-state index in [4.69, 9.17) is 22.4 Å². The summed E-state index contributed by atoms with van der Waals surface area (Å²) >= 11 is 6.14. The molecule has 1 aliphatic rings. The molecule has 0 aliphatic carbocycles. The third kappa shape index (κ3) is 2.53. The number of aromatic nitrogens is 2. The Balaban J connectivity index is 1.83. The van der Waals surface area contributed by atoms with Crippen LogP contribution in [0, 0.1) is 5.92 Å². The molecule has 1 aromatic heterocycles. The summed E-state index contributed by atoms with van der Waals surface area (Å²) in [6, 6.07) is 2.73. The molecule has 1 fully saturated rings. The van der Waals surface area contributed by atoms with Crippen LogP contribution in [0.15, 0.2) is 18.3 Å². The minimum absolute atomic E-state index is 0.204. The van der Waals surface area contributed by atoms with Crippen LogP contribution in [0.3, 0.4) is 0 Å². The Hall–Kier alpha value is -2.12. The normalized spacial score (nSPS) is 22.0. The second kappa shape index (κ2) is 5.58. The van der Waals surface area contributed by atoms with Gasteiger partial charge in [-0.05, 0) is 18.6 Å². The summed E-state index contributed by atoms with van der Waals surface area (Å²) in [6.45, 7) is 0.585. The number of nitrogens with one attached hydrogen (secondary N) is 1. The van der Waals surface area contributed by atoms with Crippen molar-refractivity contribution in [1.29, 1.82) is 0 Å². The lowest BCUT2D eigenvalue weighted by Gasteiger charge is -2.34. The standard InChI is InChI=1S/C14H15ClN4O3/c15-10-4-7(3-8-5-17-18-12(8)10)13(20)19-2-1-9(14(21)22)11(16)6-19/h3-5,9,11H,1-2,6,16H2,(H,17,18)(H,21,22)/t9-,11+/m0/s1. The highest BCUT2D eigenvalue weighted by Crippen LogP contribution is 2.25. The largest absolute Gasteiger partial charge is 0.481 e. The molecule has 2 atom stereocenters. The van der Waals surface area contributed by atoms with Gasteiger partial charge < -0.3 is 15.7 Å². The fraction of sp³-hybridized carbons (Fsp3) is 0.357. The minimum atomic E-state index is -0.914. The fourth-order valence-corrected chi connectivity index (χ4v) is 3.06. The van der Waals surface area contributed by atoms with E-state index in [0.29, 0.717) is 29.1 Å². The number of benzene rings is 1. The molecule has 0 radical (unpaired) electrons. The Morgan fingerprint density at radius 3 is 2.91 bits per heavy atom. The molecule has 2 aromatic rings. The summed E-state index contributed by atoms with van der Waals surface area (Å²) < 4.78 is 0. The van der Waals surface area contributed by atoms with Crippen molar-refractivity contribution in [1.82, 2.24) is 15.1 Å². The maximum atomic E-state index is 12.6. The number of nitrogens with two attached hydrogens (primary N) is 1. The van der Waals surface area contributed by atoms with E-state index in [1.54, 1.807) is 23.2 Å². The summed E-state index contributed by atoms with van der Waals surface area (Å²) in [4.78, 5) is 25.2. The molecule has 2 heterocycles. The summed E-state index contributed by atoms with van der Waals surface area (Å²) in [5, 5.41) is 16.9. The van der Waals surface area contributed by atoms with Crippen molar-refractivity contribution < 1.29 is 14.7 Å². The summed E-state index contributed by atoms with van der Waals surface area (Å²) in [6.07, 6.45) is 1.95. The van der Waals surface area contributed by atoms with Crippen molar-refractivity contribution >= 4 is 34.4 Å². The summed E-state index contributed by atoms with van der Waals surface area (Å²) in [5.74, 6) is -1.73. The van der Waals surface area contributed by atoms with E-state index >= 15 is 0 Å². The Labute approximate surface area is 131 Å². The number of piperidine rings is 1. The van der Waals surface area contributed by atoms with E-state index in [1.807, 2.05) is 0 Å². The number of hydrogen-bond acceptors (Lipinski definition) is 4. The number of H-pyrrole nitrogens is 1. The molecule has 22 heavy (non-hydrogen) atoms. The third-order valence-electron chi connectivity index (χ3n) is 4.01. The van der Waals surface area contributed by atoms with Crippen LogP contribution in [0.25, 0.3) is 10.9 Å². The first-order valence-electron chi connectivity index (χ1n) is 6.87. The van der Waals surface area contributed by atoms with Crippen molar-refractivity contribution in [2.75, 3.05) is 13.1 Å². The maximum absolute atomic E-state index is 12.6. The molecule has 4 N–H and O–H groups in total.